The quantitative estimate of drug-likeness (QED) is 0.846. The first-order valence-corrected chi connectivity index (χ1v) is 8.35. The SMILES string of the molecule is CN(C)S(=O)(=O)N1CCN(c2ccc(Cl)cc2Cl)CC1. The molecule has 1 aliphatic rings. The monoisotopic (exact) mass is 337 g/mol. The molecule has 0 unspecified atom stereocenters. The van der Waals surface area contributed by atoms with Crippen molar-refractivity contribution in [2.24, 2.45) is 0 Å². The molecule has 0 N–H and O–H groups in total. The number of hydrogen-bond donors (Lipinski definition) is 0. The second-order valence-electron chi connectivity index (χ2n) is 4.77. The van der Waals surface area contributed by atoms with E-state index in [-0.39, 0.29) is 0 Å². The summed E-state index contributed by atoms with van der Waals surface area (Å²) in [5.41, 5.74) is 0.887. The van der Waals surface area contributed by atoms with E-state index in [2.05, 4.69) is 4.90 Å². The maximum absolute atomic E-state index is 12.0. The highest BCUT2D eigenvalue weighted by atomic mass is 35.5. The van der Waals surface area contributed by atoms with Crippen LogP contribution in [0.15, 0.2) is 18.2 Å². The Labute approximate surface area is 129 Å². The van der Waals surface area contributed by atoms with Crippen LogP contribution in [-0.2, 0) is 10.2 Å². The van der Waals surface area contributed by atoms with Crippen molar-refractivity contribution in [1.82, 2.24) is 8.61 Å². The smallest absolute Gasteiger partial charge is 0.281 e. The van der Waals surface area contributed by atoms with Gasteiger partial charge in [-0.3, -0.25) is 0 Å². The predicted octanol–water partition coefficient (Wildman–Crippen LogP) is 1.92. The molecule has 0 spiro atoms. The first-order valence-electron chi connectivity index (χ1n) is 6.20. The molecule has 0 atom stereocenters. The largest absolute Gasteiger partial charge is 0.368 e. The lowest BCUT2D eigenvalue weighted by Gasteiger charge is -2.36. The molecule has 8 heteroatoms. The van der Waals surface area contributed by atoms with E-state index in [1.54, 1.807) is 12.1 Å². The zero-order valence-electron chi connectivity index (χ0n) is 11.4. The zero-order chi connectivity index (χ0) is 14.9. The summed E-state index contributed by atoms with van der Waals surface area (Å²) in [7, 11) is -0.258. The van der Waals surface area contributed by atoms with Crippen LogP contribution in [-0.4, -0.2) is 57.3 Å². The lowest BCUT2D eigenvalue weighted by molar-refractivity contribution is 0.355. The van der Waals surface area contributed by atoms with E-state index in [0.29, 0.717) is 36.2 Å². The molecule has 1 fully saturated rings. The van der Waals surface area contributed by atoms with E-state index in [1.165, 1.54) is 22.7 Å². The Morgan fingerprint density at radius 2 is 1.70 bits per heavy atom. The molecular formula is C12H17Cl2N3O2S. The summed E-state index contributed by atoms with van der Waals surface area (Å²) < 4.78 is 26.8. The van der Waals surface area contributed by atoms with Gasteiger partial charge >= 0.3 is 0 Å². The standard InChI is InChI=1S/C12H17Cl2N3O2S/c1-15(2)20(18,19)17-7-5-16(6-8-17)12-4-3-10(13)9-11(12)14/h3-4,9H,5-8H2,1-2H3. The van der Waals surface area contributed by atoms with E-state index in [1.807, 2.05) is 6.07 Å². The minimum Gasteiger partial charge on any atom is -0.368 e. The summed E-state index contributed by atoms with van der Waals surface area (Å²) in [4.78, 5) is 2.07. The summed E-state index contributed by atoms with van der Waals surface area (Å²) in [5, 5.41) is 1.17. The number of anilines is 1. The number of rotatable bonds is 3. The molecule has 2 rings (SSSR count). The number of halogens is 2. The van der Waals surface area contributed by atoms with Gasteiger partial charge in [0.25, 0.3) is 10.2 Å². The molecule has 1 heterocycles. The highest BCUT2D eigenvalue weighted by Gasteiger charge is 2.29. The molecule has 0 saturated carbocycles. The van der Waals surface area contributed by atoms with E-state index in [9.17, 15) is 8.42 Å². The fourth-order valence-corrected chi connectivity index (χ4v) is 3.74. The van der Waals surface area contributed by atoms with Gasteiger partial charge in [0.15, 0.2) is 0 Å². The summed E-state index contributed by atoms with van der Waals surface area (Å²) in [6.07, 6.45) is 0. The highest BCUT2D eigenvalue weighted by Crippen LogP contribution is 2.29. The topological polar surface area (TPSA) is 43.9 Å². The van der Waals surface area contributed by atoms with E-state index in [4.69, 9.17) is 23.2 Å². The first kappa shape index (κ1) is 15.9. The molecule has 1 saturated heterocycles. The van der Waals surface area contributed by atoms with Gasteiger partial charge in [0.1, 0.15) is 0 Å². The maximum atomic E-state index is 12.0. The molecule has 0 radical (unpaired) electrons. The van der Waals surface area contributed by atoms with Gasteiger partial charge in [-0.25, -0.2) is 0 Å². The van der Waals surface area contributed by atoms with Gasteiger partial charge in [0, 0.05) is 45.3 Å². The van der Waals surface area contributed by atoms with Gasteiger partial charge in [0.05, 0.1) is 10.7 Å². The Kier molecular flexibility index (Phi) is 4.81. The number of nitrogens with zero attached hydrogens (tertiary/aromatic N) is 3. The van der Waals surface area contributed by atoms with E-state index >= 15 is 0 Å². The maximum Gasteiger partial charge on any atom is 0.281 e. The first-order chi connectivity index (χ1) is 9.32. The summed E-state index contributed by atoms with van der Waals surface area (Å²) in [6.45, 7) is 2.10. The molecule has 0 aliphatic carbocycles. The minimum absolute atomic E-state index is 0.444. The van der Waals surface area contributed by atoms with Crippen molar-refractivity contribution in [3.63, 3.8) is 0 Å². The van der Waals surface area contributed by atoms with Crippen molar-refractivity contribution in [2.75, 3.05) is 45.2 Å². The van der Waals surface area contributed by atoms with Crippen molar-refractivity contribution in [1.29, 1.82) is 0 Å². The van der Waals surface area contributed by atoms with Crippen molar-refractivity contribution in [3.8, 4) is 0 Å². The fourth-order valence-electron chi connectivity index (χ4n) is 2.13. The van der Waals surface area contributed by atoms with Crippen molar-refractivity contribution < 1.29 is 8.42 Å². The molecule has 112 valence electrons. The average molecular weight is 338 g/mol. The minimum atomic E-state index is -3.34. The van der Waals surface area contributed by atoms with Gasteiger partial charge in [-0.1, -0.05) is 23.2 Å². The Hall–Kier alpha value is -0.530. The van der Waals surface area contributed by atoms with Crippen LogP contribution in [0.2, 0.25) is 10.0 Å². The van der Waals surface area contributed by atoms with E-state index in [0.717, 1.165) is 5.69 Å². The van der Waals surface area contributed by atoms with Gasteiger partial charge in [0.2, 0.25) is 0 Å². The molecular weight excluding hydrogens is 321 g/mol. The predicted molar refractivity (Wildman–Crippen MR) is 82.9 cm³/mol. The van der Waals surface area contributed by atoms with Gasteiger partial charge < -0.3 is 4.90 Å². The van der Waals surface area contributed by atoms with Crippen LogP contribution in [0.3, 0.4) is 0 Å². The summed E-state index contributed by atoms with van der Waals surface area (Å²) in [6, 6.07) is 5.34. The van der Waals surface area contributed by atoms with Gasteiger partial charge in [-0.15, -0.1) is 0 Å². The van der Waals surface area contributed by atoms with Crippen molar-refractivity contribution in [2.45, 2.75) is 0 Å². The Bertz CT molecular complexity index is 584. The lowest BCUT2D eigenvalue weighted by Crippen LogP contribution is -2.51. The third-order valence-electron chi connectivity index (χ3n) is 3.28. The Morgan fingerprint density at radius 3 is 2.20 bits per heavy atom. The van der Waals surface area contributed by atoms with Crippen LogP contribution in [0, 0.1) is 0 Å². The number of piperazine rings is 1. The van der Waals surface area contributed by atoms with Gasteiger partial charge in [-0.2, -0.15) is 17.0 Å². The second kappa shape index (κ2) is 6.07. The lowest BCUT2D eigenvalue weighted by atomic mass is 10.2. The zero-order valence-corrected chi connectivity index (χ0v) is 13.7. The molecule has 20 heavy (non-hydrogen) atoms. The van der Waals surface area contributed by atoms with Crippen LogP contribution in [0.4, 0.5) is 5.69 Å². The third-order valence-corrected chi connectivity index (χ3v) is 5.76. The molecule has 0 amide bonds. The summed E-state index contributed by atoms with van der Waals surface area (Å²) >= 11 is 12.1. The van der Waals surface area contributed by atoms with Crippen LogP contribution in [0.5, 0.6) is 0 Å². The van der Waals surface area contributed by atoms with Crippen LogP contribution < -0.4 is 4.90 Å². The highest BCUT2D eigenvalue weighted by molar-refractivity contribution is 7.86. The normalized spacial score (nSPS) is 17.8. The van der Waals surface area contributed by atoms with Crippen LogP contribution >= 0.6 is 23.2 Å². The fraction of sp³-hybridized carbons (Fsp3) is 0.500. The summed E-state index contributed by atoms with van der Waals surface area (Å²) in [5.74, 6) is 0. The molecule has 1 aromatic carbocycles. The number of benzene rings is 1. The number of hydrogen-bond acceptors (Lipinski definition) is 3. The molecule has 1 aromatic rings. The molecule has 0 aromatic heterocycles. The molecule has 0 bridgehead atoms. The van der Waals surface area contributed by atoms with Gasteiger partial charge in [-0.05, 0) is 18.2 Å². The van der Waals surface area contributed by atoms with E-state index < -0.39 is 10.2 Å². The molecule has 1 aliphatic heterocycles. The van der Waals surface area contributed by atoms with Crippen molar-refractivity contribution in [3.05, 3.63) is 28.2 Å². The second-order valence-corrected chi connectivity index (χ2v) is 7.76. The Balaban J connectivity index is 2.08. The van der Waals surface area contributed by atoms with Crippen LogP contribution in [0.25, 0.3) is 0 Å². The third kappa shape index (κ3) is 3.20. The Morgan fingerprint density at radius 1 is 1.10 bits per heavy atom. The molecule has 5 nitrogen and oxygen atoms in total. The van der Waals surface area contributed by atoms with Crippen molar-refractivity contribution >= 4 is 39.1 Å². The average Bonchev–Trinajstić information content (AvgIpc) is 2.38. The van der Waals surface area contributed by atoms with Crippen LogP contribution in [0.1, 0.15) is 0 Å².